The zero-order valence-electron chi connectivity index (χ0n) is 11.1. The Kier molecular flexibility index (Phi) is 4.06. The average molecular weight is 355 g/mol. The van der Waals surface area contributed by atoms with E-state index in [0.717, 1.165) is 5.56 Å². The van der Waals surface area contributed by atoms with Gasteiger partial charge in [-0.25, -0.2) is 8.42 Å². The van der Waals surface area contributed by atoms with Crippen molar-refractivity contribution in [2.75, 3.05) is 10.5 Å². The molecule has 0 radical (unpaired) electrons. The predicted molar refractivity (Wildman–Crippen MR) is 85.3 cm³/mol. The maximum Gasteiger partial charge on any atom is 0.264 e. The number of aryl methyl sites for hydroxylation is 2. The molecule has 0 bridgehead atoms. The van der Waals surface area contributed by atoms with Gasteiger partial charge in [0.25, 0.3) is 10.0 Å². The Balaban J connectivity index is 2.49. The molecule has 0 aromatic heterocycles. The van der Waals surface area contributed by atoms with Crippen LogP contribution in [-0.4, -0.2) is 8.42 Å². The maximum absolute atomic E-state index is 12.5. The van der Waals surface area contributed by atoms with E-state index in [1.807, 2.05) is 13.0 Å². The van der Waals surface area contributed by atoms with E-state index >= 15 is 0 Å². The molecular formula is C14H15BrN2O2S. The molecule has 0 spiro atoms. The van der Waals surface area contributed by atoms with E-state index in [9.17, 15) is 8.42 Å². The van der Waals surface area contributed by atoms with Gasteiger partial charge in [-0.05, 0) is 59.1 Å². The standard InChI is InChI=1S/C14H15BrN2O2S/c1-9-6-7-11(15)13(8-9)17-20(18,19)14-10(2)4-3-5-12(14)16/h3-8,17H,16H2,1-2H3. The van der Waals surface area contributed by atoms with Crippen LogP contribution in [0.5, 0.6) is 0 Å². The van der Waals surface area contributed by atoms with Crippen LogP contribution in [0.3, 0.4) is 0 Å². The molecule has 2 rings (SSSR count). The third kappa shape index (κ3) is 2.96. The summed E-state index contributed by atoms with van der Waals surface area (Å²) < 4.78 is 28.2. The molecule has 0 unspecified atom stereocenters. The molecule has 0 atom stereocenters. The molecule has 0 aliphatic rings. The second kappa shape index (κ2) is 5.46. The van der Waals surface area contributed by atoms with Crippen molar-refractivity contribution in [1.29, 1.82) is 0 Å². The first-order chi connectivity index (χ1) is 9.31. The van der Waals surface area contributed by atoms with Crippen molar-refractivity contribution in [3.63, 3.8) is 0 Å². The number of sulfonamides is 1. The fourth-order valence-electron chi connectivity index (χ4n) is 1.96. The summed E-state index contributed by atoms with van der Waals surface area (Å²) in [6.45, 7) is 3.61. The van der Waals surface area contributed by atoms with Crippen molar-refractivity contribution >= 4 is 37.3 Å². The topological polar surface area (TPSA) is 72.2 Å². The van der Waals surface area contributed by atoms with E-state index in [4.69, 9.17) is 5.73 Å². The van der Waals surface area contributed by atoms with Crippen molar-refractivity contribution < 1.29 is 8.42 Å². The van der Waals surface area contributed by atoms with Crippen molar-refractivity contribution in [3.8, 4) is 0 Å². The summed E-state index contributed by atoms with van der Waals surface area (Å²) in [7, 11) is -3.72. The fourth-order valence-corrected chi connectivity index (χ4v) is 3.86. The van der Waals surface area contributed by atoms with Crippen LogP contribution < -0.4 is 10.5 Å². The van der Waals surface area contributed by atoms with Crippen LogP contribution in [0.25, 0.3) is 0 Å². The first-order valence-corrected chi connectivity index (χ1v) is 8.23. The lowest BCUT2D eigenvalue weighted by atomic mass is 10.2. The first kappa shape index (κ1) is 14.9. The lowest BCUT2D eigenvalue weighted by Gasteiger charge is -2.14. The number of halogens is 1. The summed E-state index contributed by atoms with van der Waals surface area (Å²) in [6.07, 6.45) is 0. The minimum absolute atomic E-state index is 0.119. The number of nitrogens with two attached hydrogens (primary N) is 1. The predicted octanol–water partition coefficient (Wildman–Crippen LogP) is 3.45. The Morgan fingerprint density at radius 3 is 2.50 bits per heavy atom. The molecule has 0 saturated heterocycles. The van der Waals surface area contributed by atoms with Gasteiger partial charge >= 0.3 is 0 Å². The summed E-state index contributed by atoms with van der Waals surface area (Å²) in [5.41, 5.74) is 8.10. The van der Waals surface area contributed by atoms with Crippen molar-refractivity contribution in [1.82, 2.24) is 0 Å². The Morgan fingerprint density at radius 1 is 1.15 bits per heavy atom. The van der Waals surface area contributed by atoms with Gasteiger partial charge in [0.15, 0.2) is 0 Å². The van der Waals surface area contributed by atoms with Crippen LogP contribution in [0.1, 0.15) is 11.1 Å². The van der Waals surface area contributed by atoms with E-state index in [2.05, 4.69) is 20.7 Å². The highest BCUT2D eigenvalue weighted by atomic mass is 79.9. The summed E-state index contributed by atoms with van der Waals surface area (Å²) in [4.78, 5) is 0.119. The molecule has 20 heavy (non-hydrogen) atoms. The molecule has 0 fully saturated rings. The minimum Gasteiger partial charge on any atom is -0.398 e. The number of nitrogens with one attached hydrogen (secondary N) is 1. The van der Waals surface area contributed by atoms with Gasteiger partial charge in [0.2, 0.25) is 0 Å². The number of nitrogen functional groups attached to an aromatic ring is 1. The van der Waals surface area contributed by atoms with Crippen molar-refractivity contribution in [2.45, 2.75) is 18.7 Å². The normalized spacial score (nSPS) is 11.3. The number of anilines is 2. The molecule has 0 aliphatic heterocycles. The highest BCUT2D eigenvalue weighted by Crippen LogP contribution is 2.29. The molecule has 0 saturated carbocycles. The maximum atomic E-state index is 12.5. The van der Waals surface area contributed by atoms with Crippen LogP contribution in [0, 0.1) is 13.8 Å². The van der Waals surface area contributed by atoms with Crippen molar-refractivity contribution in [2.24, 2.45) is 0 Å². The Morgan fingerprint density at radius 2 is 1.85 bits per heavy atom. The second-order valence-electron chi connectivity index (χ2n) is 4.58. The van der Waals surface area contributed by atoms with E-state index in [1.54, 1.807) is 37.3 Å². The molecule has 0 amide bonds. The smallest absolute Gasteiger partial charge is 0.264 e. The number of hydrogen-bond acceptors (Lipinski definition) is 3. The van der Waals surface area contributed by atoms with Gasteiger partial charge in [-0.3, -0.25) is 4.72 Å². The van der Waals surface area contributed by atoms with Gasteiger partial charge in [0.1, 0.15) is 4.90 Å². The molecular weight excluding hydrogens is 340 g/mol. The van der Waals surface area contributed by atoms with Gasteiger partial charge in [-0.15, -0.1) is 0 Å². The monoisotopic (exact) mass is 354 g/mol. The highest BCUT2D eigenvalue weighted by Gasteiger charge is 2.20. The number of rotatable bonds is 3. The molecule has 106 valence electrons. The largest absolute Gasteiger partial charge is 0.398 e. The van der Waals surface area contributed by atoms with E-state index < -0.39 is 10.0 Å². The molecule has 0 heterocycles. The summed E-state index contributed by atoms with van der Waals surface area (Å²) in [5.74, 6) is 0. The van der Waals surface area contributed by atoms with E-state index in [0.29, 0.717) is 15.7 Å². The average Bonchev–Trinajstić information content (AvgIpc) is 2.33. The number of hydrogen-bond donors (Lipinski definition) is 2. The molecule has 0 aliphatic carbocycles. The van der Waals surface area contributed by atoms with Gasteiger partial charge in [0.05, 0.1) is 11.4 Å². The molecule has 2 aromatic rings. The summed E-state index contributed by atoms with van der Waals surface area (Å²) in [5, 5.41) is 0. The lowest BCUT2D eigenvalue weighted by Crippen LogP contribution is -2.16. The van der Waals surface area contributed by atoms with Crippen LogP contribution in [0.2, 0.25) is 0 Å². The van der Waals surface area contributed by atoms with Crippen LogP contribution in [0.4, 0.5) is 11.4 Å². The quantitative estimate of drug-likeness (QED) is 0.829. The molecule has 2 aromatic carbocycles. The molecule has 4 nitrogen and oxygen atoms in total. The molecule has 6 heteroatoms. The van der Waals surface area contributed by atoms with Gasteiger partial charge < -0.3 is 5.73 Å². The van der Waals surface area contributed by atoms with Crippen LogP contribution in [0.15, 0.2) is 45.8 Å². The third-order valence-corrected chi connectivity index (χ3v) is 5.15. The van der Waals surface area contributed by atoms with Crippen LogP contribution in [-0.2, 0) is 10.0 Å². The van der Waals surface area contributed by atoms with Crippen LogP contribution >= 0.6 is 15.9 Å². The van der Waals surface area contributed by atoms with Gasteiger partial charge in [-0.2, -0.15) is 0 Å². The zero-order chi connectivity index (χ0) is 14.9. The first-order valence-electron chi connectivity index (χ1n) is 5.95. The van der Waals surface area contributed by atoms with Gasteiger partial charge in [0, 0.05) is 4.47 Å². The third-order valence-electron chi connectivity index (χ3n) is 2.88. The molecule has 3 N–H and O–H groups in total. The number of benzene rings is 2. The fraction of sp³-hybridized carbons (Fsp3) is 0.143. The Labute approximate surface area is 127 Å². The summed E-state index contributed by atoms with van der Waals surface area (Å²) >= 11 is 3.33. The Bertz CT molecular complexity index is 738. The minimum atomic E-state index is -3.72. The van der Waals surface area contributed by atoms with Gasteiger partial charge in [-0.1, -0.05) is 18.2 Å². The zero-order valence-corrected chi connectivity index (χ0v) is 13.5. The SMILES string of the molecule is Cc1ccc(Br)c(NS(=O)(=O)c2c(C)cccc2N)c1. The Hall–Kier alpha value is -1.53. The second-order valence-corrected chi connectivity index (χ2v) is 7.06. The highest BCUT2D eigenvalue weighted by molar-refractivity contribution is 9.10. The van der Waals surface area contributed by atoms with E-state index in [-0.39, 0.29) is 10.6 Å². The lowest BCUT2D eigenvalue weighted by molar-refractivity contribution is 0.601. The van der Waals surface area contributed by atoms with Crippen molar-refractivity contribution in [3.05, 3.63) is 52.0 Å². The van der Waals surface area contributed by atoms with E-state index in [1.165, 1.54) is 0 Å². The summed E-state index contributed by atoms with van der Waals surface area (Å²) in [6, 6.07) is 10.5.